The van der Waals surface area contributed by atoms with E-state index in [9.17, 15) is 9.90 Å². The molecule has 5 aliphatic rings. The number of nitrogens with one attached hydrogen (secondary N) is 1. The highest BCUT2D eigenvalue weighted by Crippen LogP contribution is 2.24. The lowest BCUT2D eigenvalue weighted by molar-refractivity contribution is -0.124. The zero-order valence-corrected chi connectivity index (χ0v) is 36.3. The van der Waals surface area contributed by atoms with Crippen molar-refractivity contribution >= 4 is 5.91 Å². The summed E-state index contributed by atoms with van der Waals surface area (Å²) in [5, 5.41) is 21.6. The standard InChI is InChI=1S/C10H21NO.C9H19N.C8H17NO.C8H17N.C7H14N2O.CH4/c1-9(2)11-7-4-5-10(3,12)6-8-11;1-7(2)10-5-8(3)9(4)6-10;1-7(2)9-5-3-4-8(9)6-10;1-4-8-5-9(6-8)7(2)3;1-6(2)9-4-3-8-7(10)5-9;/h9,12H,4-8H2,1-3H3;7-9H,5-6H2,1-4H3;7-8,10H,3-6H2,1-2H3;7-8H,4-6H2,1-3H3;6H,3-5H2,1-2H3,(H,8,10);1H4. The minimum absolute atomic E-state index is 0. The molecule has 5 saturated heterocycles. The van der Waals surface area contributed by atoms with Crippen LogP contribution in [0.25, 0.3) is 0 Å². The van der Waals surface area contributed by atoms with Crippen molar-refractivity contribution < 1.29 is 15.0 Å². The number of hydrogen-bond acceptors (Lipinski definition) is 8. The zero-order valence-electron chi connectivity index (χ0n) is 36.3. The molecule has 5 aliphatic heterocycles. The molecule has 312 valence electrons. The third-order valence-electron chi connectivity index (χ3n) is 12.0. The lowest BCUT2D eigenvalue weighted by Crippen LogP contribution is -2.50. The Labute approximate surface area is 324 Å². The maximum Gasteiger partial charge on any atom is 0.234 e. The monoisotopic (exact) mass is 741 g/mol. The Morgan fingerprint density at radius 1 is 0.712 bits per heavy atom. The fraction of sp³-hybridized carbons (Fsp3) is 0.977. The average Bonchev–Trinajstić information content (AvgIpc) is 3.60. The van der Waals surface area contributed by atoms with E-state index in [1.807, 2.05) is 6.92 Å². The van der Waals surface area contributed by atoms with Crippen LogP contribution in [0.2, 0.25) is 0 Å². The number of carbonyl (C=O) groups excluding carboxylic acids is 1. The number of likely N-dealkylation sites (tertiary alicyclic amines) is 4. The molecule has 1 amide bonds. The molecule has 9 nitrogen and oxygen atoms in total. The Morgan fingerprint density at radius 2 is 1.23 bits per heavy atom. The summed E-state index contributed by atoms with van der Waals surface area (Å²) in [6.45, 7) is 42.4. The fourth-order valence-electron chi connectivity index (χ4n) is 7.52. The van der Waals surface area contributed by atoms with E-state index in [1.165, 1.54) is 52.0 Å². The summed E-state index contributed by atoms with van der Waals surface area (Å²) < 4.78 is 0. The van der Waals surface area contributed by atoms with Crippen molar-refractivity contribution in [3.05, 3.63) is 0 Å². The Morgan fingerprint density at radius 3 is 1.62 bits per heavy atom. The summed E-state index contributed by atoms with van der Waals surface area (Å²) in [6, 6.07) is 3.67. The quantitative estimate of drug-likeness (QED) is 0.267. The molecular weight excluding hydrogens is 649 g/mol. The van der Waals surface area contributed by atoms with E-state index in [0.717, 1.165) is 75.3 Å². The van der Waals surface area contributed by atoms with Gasteiger partial charge in [-0.05, 0) is 139 Å². The third-order valence-corrected chi connectivity index (χ3v) is 12.0. The van der Waals surface area contributed by atoms with Crippen LogP contribution in [0, 0.1) is 17.8 Å². The van der Waals surface area contributed by atoms with Gasteiger partial charge in [-0.1, -0.05) is 34.6 Å². The van der Waals surface area contributed by atoms with Gasteiger partial charge in [-0.25, -0.2) is 0 Å². The number of aliphatic hydroxyl groups is 2. The second-order valence-electron chi connectivity index (χ2n) is 18.0. The second-order valence-corrected chi connectivity index (χ2v) is 18.0. The molecule has 52 heavy (non-hydrogen) atoms. The Bertz CT molecular complexity index is 897. The molecule has 0 aromatic heterocycles. The molecule has 3 N–H and O–H groups in total. The first-order chi connectivity index (χ1) is 23.8. The van der Waals surface area contributed by atoms with Crippen molar-refractivity contribution in [2.24, 2.45) is 17.8 Å². The highest BCUT2D eigenvalue weighted by Gasteiger charge is 2.28. The Hall–Kier alpha value is -0.810. The van der Waals surface area contributed by atoms with Crippen LogP contribution in [0.5, 0.6) is 0 Å². The molecule has 4 unspecified atom stereocenters. The number of hydrogen-bond donors (Lipinski definition) is 3. The Kier molecular flexibility index (Phi) is 25.7. The molecule has 0 aromatic rings. The summed E-state index contributed by atoms with van der Waals surface area (Å²) in [4.78, 5) is 22.9. The molecular formula is C43H92N6O3. The predicted molar refractivity (Wildman–Crippen MR) is 225 cm³/mol. The van der Waals surface area contributed by atoms with E-state index in [0.29, 0.717) is 37.3 Å². The smallest absolute Gasteiger partial charge is 0.234 e. The van der Waals surface area contributed by atoms with Gasteiger partial charge in [-0.15, -0.1) is 0 Å². The van der Waals surface area contributed by atoms with Crippen molar-refractivity contribution in [1.29, 1.82) is 0 Å². The van der Waals surface area contributed by atoms with E-state index in [4.69, 9.17) is 5.11 Å². The number of amides is 1. The highest BCUT2D eigenvalue weighted by atomic mass is 16.3. The topological polar surface area (TPSA) is 85.8 Å². The van der Waals surface area contributed by atoms with Crippen LogP contribution in [0.4, 0.5) is 0 Å². The van der Waals surface area contributed by atoms with Crippen LogP contribution in [-0.2, 0) is 4.79 Å². The first kappa shape index (κ1) is 51.2. The number of carbonyl (C=O) groups is 1. The molecule has 0 bridgehead atoms. The normalized spacial score (nSPS) is 28.1. The Balaban J connectivity index is 0.000000624. The van der Waals surface area contributed by atoms with Crippen LogP contribution >= 0.6 is 0 Å². The number of nitrogens with zero attached hydrogens (tertiary/aromatic N) is 5. The second kappa shape index (κ2) is 26.1. The minimum Gasteiger partial charge on any atom is -0.395 e. The summed E-state index contributed by atoms with van der Waals surface area (Å²) in [7, 11) is 0. The van der Waals surface area contributed by atoms with Gasteiger partial charge in [-0.2, -0.15) is 0 Å². The molecule has 5 heterocycles. The zero-order chi connectivity index (χ0) is 38.9. The van der Waals surface area contributed by atoms with Gasteiger partial charge in [0.1, 0.15) is 0 Å². The maximum atomic E-state index is 10.8. The van der Waals surface area contributed by atoms with Crippen molar-refractivity contribution in [2.75, 3.05) is 72.1 Å². The van der Waals surface area contributed by atoms with Gasteiger partial charge < -0.3 is 30.2 Å². The van der Waals surface area contributed by atoms with Crippen LogP contribution in [-0.4, -0.2) is 155 Å². The largest absolute Gasteiger partial charge is 0.395 e. The lowest BCUT2D eigenvalue weighted by Gasteiger charge is -2.41. The molecule has 4 atom stereocenters. The summed E-state index contributed by atoms with van der Waals surface area (Å²) in [5.74, 6) is 2.97. The molecule has 0 spiro atoms. The molecule has 5 fully saturated rings. The van der Waals surface area contributed by atoms with Gasteiger partial charge >= 0.3 is 0 Å². The van der Waals surface area contributed by atoms with E-state index in [1.54, 1.807) is 0 Å². The molecule has 0 aromatic carbocycles. The number of aliphatic hydroxyl groups excluding tert-OH is 1. The van der Waals surface area contributed by atoms with E-state index < -0.39 is 5.60 Å². The number of piperazine rings is 1. The minimum atomic E-state index is -0.413. The molecule has 9 heteroatoms. The van der Waals surface area contributed by atoms with Gasteiger partial charge in [0.05, 0.1) is 18.8 Å². The van der Waals surface area contributed by atoms with Crippen LogP contribution in [0.15, 0.2) is 0 Å². The molecule has 0 saturated carbocycles. The average molecular weight is 741 g/mol. The maximum absolute atomic E-state index is 10.8. The van der Waals surface area contributed by atoms with Gasteiger partial charge in [0.2, 0.25) is 5.91 Å². The van der Waals surface area contributed by atoms with Gasteiger partial charge in [0.25, 0.3) is 0 Å². The first-order valence-corrected chi connectivity index (χ1v) is 21.1. The fourth-order valence-corrected chi connectivity index (χ4v) is 7.52. The first-order valence-electron chi connectivity index (χ1n) is 21.1. The van der Waals surface area contributed by atoms with E-state index in [-0.39, 0.29) is 13.3 Å². The molecule has 5 rings (SSSR count). The summed E-state index contributed by atoms with van der Waals surface area (Å²) in [5.41, 5.74) is -0.413. The van der Waals surface area contributed by atoms with Gasteiger partial charge in [0.15, 0.2) is 0 Å². The van der Waals surface area contributed by atoms with Crippen LogP contribution in [0.3, 0.4) is 0 Å². The van der Waals surface area contributed by atoms with E-state index >= 15 is 0 Å². The van der Waals surface area contributed by atoms with Crippen LogP contribution < -0.4 is 5.32 Å². The van der Waals surface area contributed by atoms with Crippen molar-refractivity contribution in [3.8, 4) is 0 Å². The number of rotatable bonds is 7. The summed E-state index contributed by atoms with van der Waals surface area (Å²) >= 11 is 0. The third kappa shape index (κ3) is 19.7. The van der Waals surface area contributed by atoms with Gasteiger partial charge in [0, 0.05) is 82.1 Å². The molecule has 0 aliphatic carbocycles. The molecule has 0 radical (unpaired) electrons. The van der Waals surface area contributed by atoms with Crippen LogP contribution in [0.1, 0.15) is 143 Å². The van der Waals surface area contributed by atoms with Crippen molar-refractivity contribution in [1.82, 2.24) is 29.8 Å². The predicted octanol–water partition coefficient (Wildman–Crippen LogP) is 6.67. The lowest BCUT2D eigenvalue weighted by atomic mass is 9.96. The SMILES string of the molecule is C.CC(C)N1CCCC(C)(O)CC1.CC(C)N1CCCC1CO.CC(C)N1CCNC(=O)C1.CC1CN(C(C)C)CC1C.CCC1CN(C(C)C)C1. The van der Waals surface area contributed by atoms with E-state index in [2.05, 4.69) is 120 Å². The van der Waals surface area contributed by atoms with Gasteiger partial charge in [-0.3, -0.25) is 14.6 Å². The summed E-state index contributed by atoms with van der Waals surface area (Å²) in [6.07, 6.45) is 6.80. The highest BCUT2D eigenvalue weighted by molar-refractivity contribution is 5.78. The van der Waals surface area contributed by atoms with Crippen molar-refractivity contribution in [2.45, 2.75) is 185 Å². The van der Waals surface area contributed by atoms with Crippen molar-refractivity contribution in [3.63, 3.8) is 0 Å².